The number of carbonyl (C=O) groups is 1. The maximum atomic E-state index is 12.5. The Bertz CT molecular complexity index is 821. The quantitative estimate of drug-likeness (QED) is 0.634. The Morgan fingerprint density at radius 1 is 1.50 bits per heavy atom. The van der Waals surface area contributed by atoms with E-state index in [4.69, 9.17) is 0 Å². The number of thiazole rings is 1. The van der Waals surface area contributed by atoms with Gasteiger partial charge in [-0.05, 0) is 38.3 Å². The summed E-state index contributed by atoms with van der Waals surface area (Å²) in [5, 5.41) is 16.3. The van der Waals surface area contributed by atoms with Gasteiger partial charge in [-0.2, -0.15) is 0 Å². The molecule has 2 heterocycles. The summed E-state index contributed by atoms with van der Waals surface area (Å²) in [5.41, 5.74) is 1.26. The predicted molar refractivity (Wildman–Crippen MR) is 102 cm³/mol. The van der Waals surface area contributed by atoms with Crippen molar-refractivity contribution in [3.63, 3.8) is 0 Å². The SMILES string of the molecule is Cc1cccc(C(=O)Nc2nc(CN3CCC[C@@H](C)C3)cs2)c1[N+](=O)[O-]. The fourth-order valence-electron chi connectivity index (χ4n) is 3.35. The molecule has 3 rings (SSSR count). The maximum Gasteiger partial charge on any atom is 0.285 e. The molecule has 1 amide bonds. The van der Waals surface area contributed by atoms with E-state index in [0.29, 0.717) is 16.6 Å². The van der Waals surface area contributed by atoms with E-state index in [2.05, 4.69) is 22.1 Å². The summed E-state index contributed by atoms with van der Waals surface area (Å²) in [4.78, 5) is 30.1. The summed E-state index contributed by atoms with van der Waals surface area (Å²) in [6.45, 7) is 6.78. The molecule has 0 radical (unpaired) electrons. The van der Waals surface area contributed by atoms with Gasteiger partial charge in [0.05, 0.1) is 10.6 Å². The zero-order valence-corrected chi connectivity index (χ0v) is 15.7. The largest absolute Gasteiger partial charge is 0.298 e. The second-order valence-corrected chi connectivity index (χ2v) is 7.67. The molecule has 0 bridgehead atoms. The smallest absolute Gasteiger partial charge is 0.285 e. The Morgan fingerprint density at radius 3 is 3.04 bits per heavy atom. The number of aromatic nitrogens is 1. The lowest BCUT2D eigenvalue weighted by molar-refractivity contribution is -0.385. The van der Waals surface area contributed by atoms with Crippen LogP contribution >= 0.6 is 11.3 Å². The summed E-state index contributed by atoms with van der Waals surface area (Å²) >= 11 is 1.34. The van der Waals surface area contributed by atoms with Crippen molar-refractivity contribution in [1.29, 1.82) is 0 Å². The van der Waals surface area contributed by atoms with Gasteiger partial charge in [-0.25, -0.2) is 4.98 Å². The van der Waals surface area contributed by atoms with Gasteiger partial charge in [0.2, 0.25) is 0 Å². The number of piperidine rings is 1. The lowest BCUT2D eigenvalue weighted by Crippen LogP contribution is -2.33. The van der Waals surface area contributed by atoms with Crippen LogP contribution in [0.2, 0.25) is 0 Å². The van der Waals surface area contributed by atoms with E-state index in [0.717, 1.165) is 25.3 Å². The first-order valence-corrected chi connectivity index (χ1v) is 9.54. The van der Waals surface area contributed by atoms with Crippen LogP contribution in [0.1, 0.15) is 41.4 Å². The molecule has 7 nitrogen and oxygen atoms in total. The van der Waals surface area contributed by atoms with E-state index in [1.165, 1.54) is 30.2 Å². The number of anilines is 1. The molecule has 0 saturated carbocycles. The number of nitrogens with zero attached hydrogens (tertiary/aromatic N) is 3. The van der Waals surface area contributed by atoms with E-state index >= 15 is 0 Å². The van der Waals surface area contributed by atoms with Crippen molar-refractivity contribution in [3.8, 4) is 0 Å². The topological polar surface area (TPSA) is 88.4 Å². The Kier molecular flexibility index (Phi) is 5.63. The molecular weight excluding hydrogens is 352 g/mol. The Morgan fingerprint density at radius 2 is 2.31 bits per heavy atom. The van der Waals surface area contributed by atoms with Crippen molar-refractivity contribution < 1.29 is 9.72 Å². The molecule has 1 aliphatic rings. The fraction of sp³-hybridized carbons (Fsp3) is 0.444. The first-order valence-electron chi connectivity index (χ1n) is 8.66. The molecule has 138 valence electrons. The molecule has 2 aromatic rings. The van der Waals surface area contributed by atoms with E-state index in [1.807, 2.05) is 5.38 Å². The molecule has 1 atom stereocenters. The number of aryl methyl sites for hydroxylation is 1. The van der Waals surface area contributed by atoms with Crippen molar-refractivity contribution in [1.82, 2.24) is 9.88 Å². The number of likely N-dealkylation sites (tertiary alicyclic amines) is 1. The van der Waals surface area contributed by atoms with Crippen LogP contribution in [0.25, 0.3) is 0 Å². The molecule has 8 heteroatoms. The molecule has 1 aliphatic heterocycles. The summed E-state index contributed by atoms with van der Waals surface area (Å²) < 4.78 is 0. The van der Waals surface area contributed by atoms with Crippen LogP contribution in [-0.2, 0) is 6.54 Å². The average molecular weight is 374 g/mol. The average Bonchev–Trinajstić information content (AvgIpc) is 3.01. The minimum Gasteiger partial charge on any atom is -0.298 e. The van der Waals surface area contributed by atoms with Crippen LogP contribution in [-0.4, -0.2) is 33.8 Å². The number of carbonyl (C=O) groups excluding carboxylic acids is 1. The standard InChI is InChI=1S/C18H22N4O3S/c1-12-5-4-8-21(9-12)10-14-11-26-18(19-14)20-17(23)15-7-3-6-13(2)16(15)22(24)25/h3,6-7,11-12H,4-5,8-10H2,1-2H3,(H,19,20,23)/t12-/m1/s1. The number of rotatable bonds is 5. The van der Waals surface area contributed by atoms with Gasteiger partial charge >= 0.3 is 0 Å². The van der Waals surface area contributed by atoms with Crippen LogP contribution in [0.3, 0.4) is 0 Å². The Balaban J connectivity index is 1.69. The normalized spacial score (nSPS) is 17.8. The molecule has 1 saturated heterocycles. The number of hydrogen-bond donors (Lipinski definition) is 1. The van der Waals surface area contributed by atoms with E-state index in [9.17, 15) is 14.9 Å². The molecule has 1 fully saturated rings. The minimum absolute atomic E-state index is 0.0524. The summed E-state index contributed by atoms with van der Waals surface area (Å²) in [6, 6.07) is 4.72. The van der Waals surface area contributed by atoms with Crippen LogP contribution in [0.5, 0.6) is 0 Å². The third-order valence-corrected chi connectivity index (χ3v) is 5.37. The monoisotopic (exact) mass is 374 g/mol. The highest BCUT2D eigenvalue weighted by Gasteiger charge is 2.23. The summed E-state index contributed by atoms with van der Waals surface area (Å²) in [7, 11) is 0. The van der Waals surface area contributed by atoms with Crippen LogP contribution < -0.4 is 5.32 Å². The zero-order valence-electron chi connectivity index (χ0n) is 14.9. The number of nitro benzene ring substituents is 1. The first kappa shape index (κ1) is 18.5. The van der Waals surface area contributed by atoms with Crippen molar-refractivity contribution >= 4 is 28.1 Å². The number of benzene rings is 1. The van der Waals surface area contributed by atoms with Gasteiger partial charge in [-0.1, -0.05) is 19.1 Å². The van der Waals surface area contributed by atoms with Crippen molar-refractivity contribution in [2.45, 2.75) is 33.2 Å². The van der Waals surface area contributed by atoms with Gasteiger partial charge in [0.15, 0.2) is 5.13 Å². The zero-order chi connectivity index (χ0) is 18.7. The molecule has 1 aromatic heterocycles. The fourth-order valence-corrected chi connectivity index (χ4v) is 4.04. The van der Waals surface area contributed by atoms with Gasteiger partial charge in [0.25, 0.3) is 11.6 Å². The highest BCUT2D eigenvalue weighted by atomic mass is 32.1. The Hall–Kier alpha value is -2.32. The summed E-state index contributed by atoms with van der Waals surface area (Å²) in [6.07, 6.45) is 2.47. The molecule has 26 heavy (non-hydrogen) atoms. The molecule has 1 aromatic carbocycles. The van der Waals surface area contributed by atoms with Crippen molar-refractivity contribution in [2.24, 2.45) is 5.92 Å². The molecule has 0 aliphatic carbocycles. The van der Waals surface area contributed by atoms with Crippen molar-refractivity contribution in [2.75, 3.05) is 18.4 Å². The molecule has 1 N–H and O–H groups in total. The van der Waals surface area contributed by atoms with Gasteiger partial charge in [0, 0.05) is 24.0 Å². The highest BCUT2D eigenvalue weighted by molar-refractivity contribution is 7.14. The molecular formula is C18H22N4O3S. The van der Waals surface area contributed by atoms with Crippen LogP contribution in [0.15, 0.2) is 23.6 Å². The number of amides is 1. The summed E-state index contributed by atoms with van der Waals surface area (Å²) in [5.74, 6) is 0.191. The van der Waals surface area contributed by atoms with E-state index < -0.39 is 10.8 Å². The van der Waals surface area contributed by atoms with E-state index in [1.54, 1.807) is 19.1 Å². The second kappa shape index (κ2) is 7.92. The van der Waals surface area contributed by atoms with Crippen molar-refractivity contribution in [3.05, 3.63) is 50.5 Å². The number of hydrogen-bond acceptors (Lipinski definition) is 6. The number of nitrogens with one attached hydrogen (secondary N) is 1. The predicted octanol–water partition coefficient (Wildman–Crippen LogP) is 3.84. The third kappa shape index (κ3) is 4.25. The minimum atomic E-state index is -0.519. The van der Waals surface area contributed by atoms with Gasteiger partial charge < -0.3 is 0 Å². The van der Waals surface area contributed by atoms with Gasteiger partial charge in [-0.15, -0.1) is 11.3 Å². The van der Waals surface area contributed by atoms with E-state index in [-0.39, 0.29) is 11.3 Å². The molecule has 0 unspecified atom stereocenters. The van der Waals surface area contributed by atoms with Crippen LogP contribution in [0.4, 0.5) is 10.8 Å². The number of para-hydroxylation sites is 1. The second-order valence-electron chi connectivity index (χ2n) is 6.81. The lowest BCUT2D eigenvalue weighted by Gasteiger charge is -2.30. The van der Waals surface area contributed by atoms with Gasteiger partial charge in [0.1, 0.15) is 5.56 Å². The lowest BCUT2D eigenvalue weighted by atomic mass is 10.0. The van der Waals surface area contributed by atoms with Gasteiger partial charge in [-0.3, -0.25) is 25.1 Å². The first-order chi connectivity index (χ1) is 12.4. The van der Waals surface area contributed by atoms with Crippen LogP contribution in [0, 0.1) is 23.0 Å². The highest BCUT2D eigenvalue weighted by Crippen LogP contribution is 2.25. The third-order valence-electron chi connectivity index (χ3n) is 4.56. The Labute approximate surface area is 156 Å². The molecule has 0 spiro atoms. The maximum absolute atomic E-state index is 12.5. The number of nitro groups is 1.